The number of ketones is 3. The fourth-order valence-corrected chi connectivity index (χ4v) is 25.7. The van der Waals surface area contributed by atoms with E-state index in [1.54, 1.807) is 46.7 Å². The number of H-pyrrole nitrogens is 1. The minimum atomic E-state index is -0.467. The molecule has 12 fully saturated rings. The Balaban J connectivity index is 0.000000132. The number of carbonyl (C=O) groups excluding carboxylic acids is 3. The van der Waals surface area contributed by atoms with E-state index in [0.717, 1.165) is 99.2 Å². The van der Waals surface area contributed by atoms with Crippen LogP contribution in [0.1, 0.15) is 243 Å². The van der Waals surface area contributed by atoms with Gasteiger partial charge in [-0.1, -0.05) is 70.1 Å². The van der Waals surface area contributed by atoms with Gasteiger partial charge in [0, 0.05) is 24.0 Å². The maximum atomic E-state index is 13.2. The quantitative estimate of drug-likeness (QED) is 0.155. The van der Waals surface area contributed by atoms with Gasteiger partial charge in [-0.15, -0.1) is 5.10 Å². The van der Waals surface area contributed by atoms with E-state index < -0.39 is 16.8 Å². The average molecular weight is 1300 g/mol. The van der Waals surface area contributed by atoms with Crippen LogP contribution in [0.2, 0.25) is 0 Å². The minimum Gasteiger partial charge on any atom is -0.390 e. The molecule has 12 saturated carbocycles. The number of aromatic amines is 1. The Morgan fingerprint density at radius 1 is 0.438 bits per heavy atom. The number of hydrogen-bond acceptors (Lipinski definition) is 12. The summed E-state index contributed by atoms with van der Waals surface area (Å²) in [4.78, 5) is 40.4. The first kappa shape index (κ1) is 67.2. The van der Waals surface area contributed by atoms with E-state index in [1.165, 1.54) is 116 Å². The Hall–Kier alpha value is -3.21. The molecule has 15 nitrogen and oxygen atoms in total. The molecule has 12 aliphatic carbocycles. The second kappa shape index (κ2) is 25.2. The van der Waals surface area contributed by atoms with Gasteiger partial charge in [-0.2, -0.15) is 30.4 Å². The van der Waals surface area contributed by atoms with Gasteiger partial charge in [-0.3, -0.25) is 14.4 Å². The Labute approximate surface area is 542 Å². The average Bonchev–Trinajstić information content (AvgIpc) is 1.73. The van der Waals surface area contributed by atoms with Crippen LogP contribution in [0, 0.1) is 121 Å². The van der Waals surface area contributed by atoms with Gasteiger partial charge in [-0.05, 0) is 298 Å². The van der Waals surface area contributed by atoms with E-state index in [4.69, 9.17) is 0 Å². The van der Waals surface area contributed by atoms with Crippen LogP contribution in [0.3, 0.4) is 0 Å². The topological polar surface area (TPSA) is 215 Å². The number of halogens is 1. The lowest BCUT2D eigenvalue weighted by atomic mass is 9.44. The van der Waals surface area contributed by atoms with Crippen LogP contribution < -0.4 is 0 Å². The summed E-state index contributed by atoms with van der Waals surface area (Å²) in [5.41, 5.74) is 0.359. The minimum absolute atomic E-state index is 0. The number of fused-ring (bicyclic) bond motifs is 15. The van der Waals surface area contributed by atoms with Crippen LogP contribution in [0.15, 0.2) is 37.2 Å². The Bertz CT molecular complexity index is 2750. The number of hydrogen-bond donors (Lipinski definition) is 4. The van der Waals surface area contributed by atoms with Crippen molar-refractivity contribution in [1.29, 1.82) is 0 Å². The van der Waals surface area contributed by atoms with Crippen molar-refractivity contribution in [1.82, 2.24) is 45.4 Å². The second-order valence-corrected chi connectivity index (χ2v) is 35.0. The summed E-state index contributed by atoms with van der Waals surface area (Å²) in [7, 11) is 0. The second-order valence-electron chi connectivity index (χ2n) is 34.4. The molecule has 3 heterocycles. The number of rotatable bonds is 8. The lowest BCUT2D eigenvalue weighted by molar-refractivity contribution is -0.151. The smallest absolute Gasteiger partial charge is 0.159 e. The molecular weight excluding hydrogens is 1180 g/mol. The van der Waals surface area contributed by atoms with Crippen molar-refractivity contribution in [2.24, 2.45) is 121 Å². The number of nitrogens with zero attached hydrogens (tertiary/aromatic N) is 8. The van der Waals surface area contributed by atoms with Gasteiger partial charge in [0.1, 0.15) is 18.9 Å². The molecule has 0 unspecified atom stereocenters. The normalized spacial score (nSPS) is 48.0. The molecule has 0 radical (unpaired) electrons. The summed E-state index contributed by atoms with van der Waals surface area (Å²) in [6.45, 7) is 21.7. The van der Waals surface area contributed by atoms with Gasteiger partial charge in [0.2, 0.25) is 0 Å². The predicted octanol–water partition coefficient (Wildman–Crippen LogP) is 14.3. The van der Waals surface area contributed by atoms with Crippen LogP contribution in [0.25, 0.3) is 0 Å². The van der Waals surface area contributed by atoms with Gasteiger partial charge in [-0.25, -0.2) is 4.68 Å². The summed E-state index contributed by atoms with van der Waals surface area (Å²) in [6, 6.07) is 0. The van der Waals surface area contributed by atoms with Crippen molar-refractivity contribution in [3.63, 3.8) is 0 Å². The molecule has 24 atom stereocenters. The third kappa shape index (κ3) is 12.3. The molecule has 15 rings (SSSR count). The highest BCUT2D eigenvalue weighted by Crippen LogP contribution is 2.72. The van der Waals surface area contributed by atoms with Crippen LogP contribution >= 0.6 is 15.9 Å². The predicted molar refractivity (Wildman–Crippen MR) is 349 cm³/mol. The number of carbonyl (C=O) groups is 3. The van der Waals surface area contributed by atoms with E-state index >= 15 is 0 Å². The highest BCUT2D eigenvalue weighted by atomic mass is 79.9. The van der Waals surface area contributed by atoms with Gasteiger partial charge in [0.25, 0.3) is 0 Å². The van der Waals surface area contributed by atoms with Gasteiger partial charge in [0.05, 0.1) is 53.1 Å². The number of alkyl halides is 1. The Morgan fingerprint density at radius 2 is 0.798 bits per heavy atom. The van der Waals surface area contributed by atoms with E-state index in [-0.39, 0.29) is 41.4 Å². The number of aliphatic hydroxyl groups is 3. The number of aromatic nitrogens is 9. The lowest BCUT2D eigenvalue weighted by Crippen LogP contribution is -2.55. The molecule has 12 aliphatic rings. The monoisotopic (exact) mass is 1290 g/mol. The maximum Gasteiger partial charge on any atom is 0.159 e. The summed E-state index contributed by atoms with van der Waals surface area (Å²) in [5.74, 6) is 10.6. The van der Waals surface area contributed by atoms with Crippen molar-refractivity contribution in [2.45, 2.75) is 273 Å². The molecule has 0 amide bonds. The molecule has 0 saturated heterocycles. The fourth-order valence-electron chi connectivity index (χ4n) is 25.3. The number of nitrogens with one attached hydrogen (secondary N) is 1. The van der Waals surface area contributed by atoms with Crippen molar-refractivity contribution >= 4 is 33.3 Å². The summed E-state index contributed by atoms with van der Waals surface area (Å²) >= 11 is 3.43. The zero-order chi connectivity index (χ0) is 62.5. The van der Waals surface area contributed by atoms with Crippen molar-refractivity contribution in [3.8, 4) is 0 Å². The lowest BCUT2D eigenvalue weighted by Gasteiger charge is -2.61. The van der Waals surface area contributed by atoms with Gasteiger partial charge in [0.15, 0.2) is 11.6 Å². The zero-order valence-electron chi connectivity index (χ0n) is 55.4. The molecule has 0 aromatic carbocycles. The molecule has 0 bridgehead atoms. The molecule has 3 aromatic heterocycles. The van der Waals surface area contributed by atoms with Gasteiger partial charge < -0.3 is 15.3 Å². The first-order valence-electron chi connectivity index (χ1n) is 35.5. The van der Waals surface area contributed by atoms with Crippen molar-refractivity contribution < 1.29 is 29.7 Å². The van der Waals surface area contributed by atoms with E-state index in [9.17, 15) is 29.7 Å². The molecule has 496 valence electrons. The van der Waals surface area contributed by atoms with Crippen LogP contribution in [-0.4, -0.2) is 100 Å². The van der Waals surface area contributed by atoms with E-state index in [1.807, 2.05) is 20.8 Å². The standard InChI is InChI=1S/2C24H37N3O2.C22H35BrO2.C2H3N3.CH4/c1-22(29)10-11-23(2)16(14-22)4-5-17-18-6-7-20(24(18,3)9-8-19(17)23)21(28)15-27-13-12-25-26-27;1-22(29)10-11-23(2)16(14-22)4-5-17-18-6-7-20(24(18,3)9-8-19(17)23)21(28)15-27-25-12-13-26-27;1-20(25)10-11-21(2)14(12-20)4-5-15-16-6-7-18(19(24)13-23)22(16,3)9-8-17(15)21;1-2-4-5-3-1;/h2*12-13,16-20,29H,4-11,14-15H2,1-3H3;14-18,25H,4-13H2,1-3H3;1-2H,(H,3,4,5);1H4/t2*16-,17+,18+,19+,20-,22-,23+,24+;14-,15+,16+,17+,18-,20-,21+,22+;;/m111../s1. The molecule has 16 heteroatoms. The molecule has 89 heavy (non-hydrogen) atoms. The van der Waals surface area contributed by atoms with Gasteiger partial charge >= 0.3 is 0 Å². The molecular formula is C73H116BrN9O6. The van der Waals surface area contributed by atoms with Crippen LogP contribution in [0.4, 0.5) is 0 Å². The van der Waals surface area contributed by atoms with Crippen molar-refractivity contribution in [3.05, 3.63) is 37.2 Å². The Morgan fingerprint density at radius 3 is 1.13 bits per heavy atom. The summed E-state index contributed by atoms with van der Waals surface area (Å²) < 4.78 is 1.69. The van der Waals surface area contributed by atoms with Crippen molar-refractivity contribution in [2.75, 3.05) is 5.33 Å². The maximum absolute atomic E-state index is 13.2. The highest BCUT2D eigenvalue weighted by molar-refractivity contribution is 9.09. The molecule has 0 aliphatic heterocycles. The fraction of sp³-hybridized carbons (Fsp3) is 0.877. The summed E-state index contributed by atoms with van der Waals surface area (Å²) in [6.07, 6.45) is 41.3. The first-order valence-corrected chi connectivity index (χ1v) is 36.6. The first-order chi connectivity index (χ1) is 41.7. The Kier molecular flexibility index (Phi) is 19.0. The third-order valence-electron chi connectivity index (χ3n) is 30.0. The molecule has 3 aromatic rings. The zero-order valence-corrected chi connectivity index (χ0v) is 56.9. The van der Waals surface area contributed by atoms with Crippen LogP contribution in [0.5, 0.6) is 0 Å². The van der Waals surface area contributed by atoms with Crippen LogP contribution in [-0.2, 0) is 27.5 Å². The third-order valence-corrected chi connectivity index (χ3v) is 30.6. The van der Waals surface area contributed by atoms with E-state index in [0.29, 0.717) is 81.6 Å². The molecule has 0 spiro atoms. The highest BCUT2D eigenvalue weighted by Gasteiger charge is 2.65. The SMILES string of the molecule is C.C[C@@]1(O)CC[C@@]2(C)[C@H](CC[C@@H]3[C@@H]2CC[C@]2(C)[C@@H](C(=O)CBr)CC[C@@H]32)C1.C[C@@]1(O)CC[C@@]2(C)[C@H](CC[C@@H]3[C@@H]2CC[C@]2(C)[C@@H](C(=O)Cn4ccnn4)CC[C@@H]32)C1.C[C@@]1(O)CC[C@@]2(C)[C@H](CC[C@@H]3[C@@H]2CC[C@]2(C)[C@@H](C(=O)Cn4nccn4)CC[C@@H]32)C1.c1cn[nH]n1. The van der Waals surface area contributed by atoms with E-state index in [2.05, 4.69) is 93.4 Å². The largest absolute Gasteiger partial charge is 0.390 e. The number of Topliss-reactive ketones (excluding diaryl/α,β-unsaturated/α-hetero) is 3. The molecule has 4 N–H and O–H groups in total. The summed E-state index contributed by atoms with van der Waals surface area (Å²) in [5, 5.41) is 58.0.